The third-order valence-electron chi connectivity index (χ3n) is 2.72. The zero-order chi connectivity index (χ0) is 13.1. The molecule has 1 unspecified atom stereocenters. The lowest BCUT2D eigenvalue weighted by molar-refractivity contribution is 0.0843. The first kappa shape index (κ1) is 13.9. The van der Waals surface area contributed by atoms with E-state index < -0.39 is 17.3 Å². The lowest BCUT2D eigenvalue weighted by atomic mass is 9.99. The molecule has 17 heavy (non-hydrogen) atoms. The molecule has 0 bridgehead atoms. The van der Waals surface area contributed by atoms with Crippen molar-refractivity contribution in [2.24, 2.45) is 0 Å². The maximum Gasteiger partial charge on any atom is 0.254 e. The van der Waals surface area contributed by atoms with E-state index in [1.54, 1.807) is 6.92 Å². The normalized spacial score (nSPS) is 14.2. The summed E-state index contributed by atoms with van der Waals surface area (Å²) in [4.78, 5) is 11.8. The van der Waals surface area contributed by atoms with Crippen molar-refractivity contribution in [3.8, 4) is 0 Å². The van der Waals surface area contributed by atoms with Gasteiger partial charge in [-0.05, 0) is 31.5 Å². The van der Waals surface area contributed by atoms with Gasteiger partial charge in [-0.1, -0.05) is 18.5 Å². The zero-order valence-corrected chi connectivity index (χ0v) is 10.5. The number of carbonyl (C=O) groups excluding carboxylic acids is 1. The van der Waals surface area contributed by atoms with Crippen molar-refractivity contribution in [1.82, 2.24) is 5.32 Å². The van der Waals surface area contributed by atoms with Crippen molar-refractivity contribution < 1.29 is 14.3 Å². The number of nitrogens with one attached hydrogen (secondary N) is 1. The Balaban J connectivity index is 2.90. The minimum absolute atomic E-state index is 0.0810. The van der Waals surface area contributed by atoms with Crippen LogP contribution >= 0.6 is 11.6 Å². The molecule has 1 aromatic rings. The van der Waals surface area contributed by atoms with E-state index in [0.29, 0.717) is 6.42 Å². The Bertz CT molecular complexity index is 419. The fraction of sp³-hybridized carbons (Fsp3) is 0.417. The monoisotopic (exact) mass is 259 g/mol. The molecule has 0 fully saturated rings. The maximum atomic E-state index is 13.5. The minimum Gasteiger partial charge on any atom is -0.394 e. The number of amides is 1. The molecule has 5 heteroatoms. The van der Waals surface area contributed by atoms with Crippen LogP contribution in [0, 0.1) is 5.82 Å². The van der Waals surface area contributed by atoms with Crippen LogP contribution in [0.15, 0.2) is 18.2 Å². The highest BCUT2D eigenvalue weighted by Crippen LogP contribution is 2.16. The number of hydrogen-bond donors (Lipinski definition) is 2. The highest BCUT2D eigenvalue weighted by Gasteiger charge is 2.25. The summed E-state index contributed by atoms with van der Waals surface area (Å²) in [6.07, 6.45) is 0.546. The van der Waals surface area contributed by atoms with Gasteiger partial charge in [0.2, 0.25) is 0 Å². The molecule has 1 amide bonds. The highest BCUT2D eigenvalue weighted by molar-refractivity contribution is 6.30. The van der Waals surface area contributed by atoms with Gasteiger partial charge in [0, 0.05) is 5.02 Å². The van der Waals surface area contributed by atoms with Crippen LogP contribution in [0.1, 0.15) is 30.6 Å². The van der Waals surface area contributed by atoms with E-state index in [1.807, 2.05) is 6.92 Å². The molecular weight excluding hydrogens is 245 g/mol. The van der Waals surface area contributed by atoms with Crippen molar-refractivity contribution in [3.63, 3.8) is 0 Å². The predicted octanol–water partition coefficient (Wildman–Crippen LogP) is 2.37. The Hall–Kier alpha value is -1.13. The van der Waals surface area contributed by atoms with E-state index in [1.165, 1.54) is 12.1 Å². The van der Waals surface area contributed by atoms with Gasteiger partial charge in [-0.25, -0.2) is 4.39 Å². The lowest BCUT2D eigenvalue weighted by Gasteiger charge is -2.27. The molecule has 2 N–H and O–H groups in total. The maximum absolute atomic E-state index is 13.5. The average Bonchev–Trinajstić information content (AvgIpc) is 2.28. The Morgan fingerprint density at radius 3 is 2.71 bits per heavy atom. The van der Waals surface area contributed by atoms with E-state index >= 15 is 0 Å². The van der Waals surface area contributed by atoms with Gasteiger partial charge in [-0.3, -0.25) is 4.79 Å². The van der Waals surface area contributed by atoms with Gasteiger partial charge in [0.05, 0.1) is 17.7 Å². The van der Waals surface area contributed by atoms with Gasteiger partial charge in [0.25, 0.3) is 5.91 Å². The van der Waals surface area contributed by atoms with Gasteiger partial charge < -0.3 is 10.4 Å². The molecule has 1 rings (SSSR count). The second-order valence-corrected chi connectivity index (χ2v) is 4.59. The molecule has 0 aliphatic rings. The smallest absolute Gasteiger partial charge is 0.254 e. The summed E-state index contributed by atoms with van der Waals surface area (Å²) in [7, 11) is 0. The number of aliphatic hydroxyl groups excluding tert-OH is 1. The summed E-state index contributed by atoms with van der Waals surface area (Å²) >= 11 is 5.60. The van der Waals surface area contributed by atoms with E-state index in [9.17, 15) is 9.18 Å². The molecule has 0 heterocycles. The third kappa shape index (κ3) is 3.41. The summed E-state index contributed by atoms with van der Waals surface area (Å²) in [6, 6.07) is 3.85. The fourth-order valence-corrected chi connectivity index (χ4v) is 1.41. The van der Waals surface area contributed by atoms with Crippen molar-refractivity contribution in [1.29, 1.82) is 0 Å². The predicted molar refractivity (Wildman–Crippen MR) is 64.7 cm³/mol. The van der Waals surface area contributed by atoms with Crippen molar-refractivity contribution >= 4 is 17.5 Å². The fourth-order valence-electron chi connectivity index (χ4n) is 1.25. The number of rotatable bonds is 4. The Kier molecular flexibility index (Phi) is 4.48. The number of hydrogen-bond acceptors (Lipinski definition) is 2. The minimum atomic E-state index is -0.747. The molecule has 1 atom stereocenters. The second kappa shape index (κ2) is 5.47. The molecular formula is C12H15ClFNO2. The Labute approximate surface area is 105 Å². The average molecular weight is 260 g/mol. The number of benzene rings is 1. The lowest BCUT2D eigenvalue weighted by Crippen LogP contribution is -2.48. The first-order valence-corrected chi connectivity index (χ1v) is 5.68. The van der Waals surface area contributed by atoms with E-state index in [2.05, 4.69) is 5.32 Å². The molecule has 0 aromatic heterocycles. The second-order valence-electron chi connectivity index (χ2n) is 4.15. The SMILES string of the molecule is CCC(C)(CO)NC(=O)c1ccc(Cl)cc1F. The Morgan fingerprint density at radius 1 is 1.59 bits per heavy atom. The van der Waals surface area contributed by atoms with E-state index in [-0.39, 0.29) is 17.2 Å². The summed E-state index contributed by atoms with van der Waals surface area (Å²) in [6.45, 7) is 3.32. The van der Waals surface area contributed by atoms with Crippen LogP contribution < -0.4 is 5.32 Å². The molecule has 0 radical (unpaired) electrons. The van der Waals surface area contributed by atoms with Gasteiger partial charge in [-0.2, -0.15) is 0 Å². The molecule has 3 nitrogen and oxygen atoms in total. The number of halogens is 2. The highest BCUT2D eigenvalue weighted by atomic mass is 35.5. The Morgan fingerprint density at radius 2 is 2.24 bits per heavy atom. The summed E-state index contributed by atoms with van der Waals surface area (Å²) in [5.74, 6) is -1.23. The largest absolute Gasteiger partial charge is 0.394 e. The van der Waals surface area contributed by atoms with Gasteiger partial charge in [0.15, 0.2) is 0 Å². The van der Waals surface area contributed by atoms with Gasteiger partial charge in [0.1, 0.15) is 5.82 Å². The summed E-state index contributed by atoms with van der Waals surface area (Å²) < 4.78 is 13.5. The van der Waals surface area contributed by atoms with Crippen molar-refractivity contribution in [2.75, 3.05) is 6.61 Å². The molecule has 0 aliphatic carbocycles. The topological polar surface area (TPSA) is 49.3 Å². The van der Waals surface area contributed by atoms with Crippen LogP contribution in [0.2, 0.25) is 5.02 Å². The van der Waals surface area contributed by atoms with Gasteiger partial charge >= 0.3 is 0 Å². The molecule has 0 saturated carbocycles. The molecule has 94 valence electrons. The van der Waals surface area contributed by atoms with Crippen molar-refractivity contribution in [3.05, 3.63) is 34.6 Å². The quantitative estimate of drug-likeness (QED) is 0.872. The molecule has 0 aliphatic heterocycles. The van der Waals surface area contributed by atoms with E-state index in [0.717, 1.165) is 6.07 Å². The molecule has 0 saturated heterocycles. The molecule has 0 spiro atoms. The van der Waals surface area contributed by atoms with Crippen LogP contribution in [0.4, 0.5) is 4.39 Å². The first-order chi connectivity index (χ1) is 7.91. The zero-order valence-electron chi connectivity index (χ0n) is 9.76. The third-order valence-corrected chi connectivity index (χ3v) is 2.96. The van der Waals surface area contributed by atoms with Crippen LogP contribution in [0.3, 0.4) is 0 Å². The van der Waals surface area contributed by atoms with Crippen LogP contribution in [-0.4, -0.2) is 23.2 Å². The van der Waals surface area contributed by atoms with Gasteiger partial charge in [-0.15, -0.1) is 0 Å². The first-order valence-electron chi connectivity index (χ1n) is 5.30. The van der Waals surface area contributed by atoms with Crippen molar-refractivity contribution in [2.45, 2.75) is 25.8 Å². The molecule has 1 aromatic carbocycles. The number of carbonyl (C=O) groups is 1. The van der Waals surface area contributed by atoms with Crippen LogP contribution in [-0.2, 0) is 0 Å². The van der Waals surface area contributed by atoms with E-state index in [4.69, 9.17) is 16.7 Å². The number of aliphatic hydroxyl groups is 1. The van der Waals surface area contributed by atoms with Crippen LogP contribution in [0.25, 0.3) is 0 Å². The standard InChI is InChI=1S/C12H15ClFNO2/c1-3-12(2,7-16)15-11(17)9-5-4-8(13)6-10(9)14/h4-6,16H,3,7H2,1-2H3,(H,15,17). The summed E-state index contributed by atoms with van der Waals surface area (Å²) in [5, 5.41) is 12.0. The van der Waals surface area contributed by atoms with Crippen LogP contribution in [0.5, 0.6) is 0 Å². The summed E-state index contributed by atoms with van der Waals surface area (Å²) in [5.41, 5.74) is -0.828.